The van der Waals surface area contributed by atoms with E-state index in [1.54, 1.807) is 61.0 Å². The minimum atomic E-state index is -0.559. The maximum Gasteiger partial charge on any atom is 0.341 e. The van der Waals surface area contributed by atoms with E-state index in [1.165, 1.54) is 18.4 Å². The zero-order valence-corrected chi connectivity index (χ0v) is 18.5. The number of hydrogen-bond donors (Lipinski definition) is 1. The summed E-state index contributed by atoms with van der Waals surface area (Å²) in [6.45, 7) is 0. The topological polar surface area (TPSA) is 81.7 Å². The Morgan fingerprint density at radius 2 is 1.65 bits per heavy atom. The zero-order valence-electron chi connectivity index (χ0n) is 16.9. The number of amides is 1. The number of benzene rings is 2. The molecule has 1 N–H and O–H groups in total. The first-order valence-corrected chi connectivity index (χ1v) is 10.6. The first-order chi connectivity index (χ1) is 14.9. The molecule has 2 aromatic carbocycles. The van der Waals surface area contributed by atoms with E-state index >= 15 is 0 Å². The molecule has 3 rings (SSSR count). The van der Waals surface area contributed by atoms with E-state index in [2.05, 4.69) is 5.32 Å². The Balaban J connectivity index is 1.71. The lowest BCUT2D eigenvalue weighted by atomic mass is 10.0. The van der Waals surface area contributed by atoms with Crippen LogP contribution in [0.25, 0.3) is 11.1 Å². The monoisotopic (exact) mass is 457 g/mol. The van der Waals surface area contributed by atoms with E-state index in [0.717, 1.165) is 5.56 Å². The minimum absolute atomic E-state index is 0.0142. The molecule has 1 heterocycles. The molecule has 0 unspecified atom stereocenters. The number of anilines is 1. The van der Waals surface area contributed by atoms with Crippen LogP contribution in [0.3, 0.4) is 0 Å². The van der Waals surface area contributed by atoms with Gasteiger partial charge >= 0.3 is 5.97 Å². The van der Waals surface area contributed by atoms with E-state index in [9.17, 15) is 14.4 Å². The highest BCUT2D eigenvalue weighted by molar-refractivity contribution is 7.15. The van der Waals surface area contributed by atoms with Gasteiger partial charge in [0.05, 0.1) is 14.2 Å². The molecule has 6 nitrogen and oxygen atoms in total. The molecule has 0 radical (unpaired) electrons. The van der Waals surface area contributed by atoms with Crippen LogP contribution in [0.2, 0.25) is 5.02 Å². The van der Waals surface area contributed by atoms with Gasteiger partial charge in [-0.2, -0.15) is 0 Å². The summed E-state index contributed by atoms with van der Waals surface area (Å²) in [6, 6.07) is 13.7. The van der Waals surface area contributed by atoms with Crippen molar-refractivity contribution in [3.05, 3.63) is 70.1 Å². The molecule has 31 heavy (non-hydrogen) atoms. The number of thiophene rings is 1. The molecular formula is C23H20ClNO5S. The molecule has 0 atom stereocenters. The van der Waals surface area contributed by atoms with Gasteiger partial charge in [0, 0.05) is 34.4 Å². The predicted molar refractivity (Wildman–Crippen MR) is 121 cm³/mol. The van der Waals surface area contributed by atoms with Gasteiger partial charge in [-0.05, 0) is 42.0 Å². The summed E-state index contributed by atoms with van der Waals surface area (Å²) in [6.07, 6.45) is 0.0286. The quantitative estimate of drug-likeness (QED) is 0.358. The van der Waals surface area contributed by atoms with Crippen molar-refractivity contribution in [2.24, 2.45) is 0 Å². The number of rotatable bonds is 8. The first-order valence-electron chi connectivity index (χ1n) is 9.35. The number of hydrogen-bond acceptors (Lipinski definition) is 6. The number of esters is 1. The molecule has 0 saturated carbocycles. The van der Waals surface area contributed by atoms with Crippen molar-refractivity contribution in [3.8, 4) is 16.9 Å². The van der Waals surface area contributed by atoms with Crippen molar-refractivity contribution in [1.82, 2.24) is 0 Å². The van der Waals surface area contributed by atoms with Gasteiger partial charge in [-0.3, -0.25) is 9.59 Å². The number of Topliss-reactive ketones (excluding diaryl/α,β-unsaturated/α-hetero) is 1. The summed E-state index contributed by atoms with van der Waals surface area (Å²) in [7, 11) is 2.83. The van der Waals surface area contributed by atoms with Gasteiger partial charge in [-0.25, -0.2) is 4.79 Å². The summed E-state index contributed by atoms with van der Waals surface area (Å²) < 4.78 is 9.98. The van der Waals surface area contributed by atoms with Crippen LogP contribution in [-0.4, -0.2) is 31.9 Å². The number of ketones is 1. The molecule has 1 amide bonds. The lowest BCUT2D eigenvalue weighted by molar-refractivity contribution is -0.116. The van der Waals surface area contributed by atoms with Crippen LogP contribution in [0.4, 0.5) is 5.00 Å². The normalized spacial score (nSPS) is 10.4. The van der Waals surface area contributed by atoms with Crippen LogP contribution >= 0.6 is 22.9 Å². The fraction of sp³-hybridized carbons (Fsp3) is 0.174. The highest BCUT2D eigenvalue weighted by Gasteiger charge is 2.22. The van der Waals surface area contributed by atoms with Gasteiger partial charge in [-0.15, -0.1) is 11.3 Å². The van der Waals surface area contributed by atoms with Crippen molar-refractivity contribution in [2.45, 2.75) is 12.8 Å². The van der Waals surface area contributed by atoms with Crippen molar-refractivity contribution in [2.75, 3.05) is 19.5 Å². The average molecular weight is 458 g/mol. The van der Waals surface area contributed by atoms with Crippen LogP contribution in [0.5, 0.6) is 5.75 Å². The molecular weight excluding hydrogens is 438 g/mol. The fourth-order valence-corrected chi connectivity index (χ4v) is 4.03. The van der Waals surface area contributed by atoms with Crippen LogP contribution in [0.15, 0.2) is 53.9 Å². The van der Waals surface area contributed by atoms with Crippen molar-refractivity contribution < 1.29 is 23.9 Å². The summed E-state index contributed by atoms with van der Waals surface area (Å²) >= 11 is 7.16. The third-order valence-corrected chi connectivity index (χ3v) is 5.73. The Morgan fingerprint density at radius 1 is 0.968 bits per heavy atom. The Bertz CT molecular complexity index is 1090. The van der Waals surface area contributed by atoms with Gasteiger partial charge in [0.1, 0.15) is 16.3 Å². The van der Waals surface area contributed by atoms with Crippen molar-refractivity contribution in [1.29, 1.82) is 0 Å². The molecule has 0 aliphatic rings. The van der Waals surface area contributed by atoms with Crippen LogP contribution < -0.4 is 10.1 Å². The molecule has 8 heteroatoms. The third-order valence-electron chi connectivity index (χ3n) is 4.58. The molecule has 0 bridgehead atoms. The fourth-order valence-electron chi connectivity index (χ4n) is 2.93. The second-order valence-electron chi connectivity index (χ2n) is 6.55. The lowest BCUT2D eigenvalue weighted by Gasteiger charge is -2.08. The highest BCUT2D eigenvalue weighted by Crippen LogP contribution is 2.36. The smallest absolute Gasteiger partial charge is 0.341 e. The Labute approximate surface area is 188 Å². The van der Waals surface area contributed by atoms with Gasteiger partial charge < -0.3 is 14.8 Å². The molecule has 1 aromatic heterocycles. The van der Waals surface area contributed by atoms with Gasteiger partial charge in [0.2, 0.25) is 5.91 Å². The van der Waals surface area contributed by atoms with Gasteiger partial charge in [0.15, 0.2) is 5.78 Å². The van der Waals surface area contributed by atoms with E-state index in [-0.39, 0.29) is 30.1 Å². The van der Waals surface area contributed by atoms with E-state index < -0.39 is 5.97 Å². The zero-order chi connectivity index (χ0) is 22.4. The average Bonchev–Trinajstić information content (AvgIpc) is 3.20. The number of halogens is 1. The standard InChI is InChI=1S/C23H20ClNO5S/c1-29-17-9-5-15(6-10-17)19(26)11-12-20(27)25-22-21(23(28)30-2)18(13-31-22)14-3-7-16(24)8-4-14/h3-10,13H,11-12H2,1-2H3,(H,25,27). The van der Waals surface area contributed by atoms with Crippen LogP contribution in [0.1, 0.15) is 33.6 Å². The van der Waals surface area contributed by atoms with E-state index in [1.807, 2.05) is 0 Å². The SMILES string of the molecule is COC(=O)c1c(-c2ccc(Cl)cc2)csc1NC(=O)CCC(=O)c1ccc(OC)cc1. The predicted octanol–water partition coefficient (Wildman–Crippen LogP) is 5.47. The maximum atomic E-state index is 12.5. The van der Waals surface area contributed by atoms with Crippen molar-refractivity contribution >= 4 is 45.6 Å². The second kappa shape index (κ2) is 10.2. The summed E-state index contributed by atoms with van der Waals surface area (Å²) in [4.78, 5) is 37.2. The van der Waals surface area contributed by atoms with Gasteiger partial charge in [0.25, 0.3) is 0 Å². The first kappa shape index (κ1) is 22.5. The Kier molecular flexibility index (Phi) is 7.44. The molecule has 0 spiro atoms. The summed E-state index contributed by atoms with van der Waals surface area (Å²) in [5, 5.41) is 5.46. The van der Waals surface area contributed by atoms with Crippen molar-refractivity contribution in [3.63, 3.8) is 0 Å². The number of carbonyl (C=O) groups is 3. The molecule has 3 aromatic rings. The second-order valence-corrected chi connectivity index (χ2v) is 7.87. The lowest BCUT2D eigenvalue weighted by Crippen LogP contribution is -2.15. The van der Waals surface area contributed by atoms with Crippen LogP contribution in [-0.2, 0) is 9.53 Å². The molecule has 0 aliphatic heterocycles. The third kappa shape index (κ3) is 5.51. The van der Waals surface area contributed by atoms with Crippen LogP contribution in [0, 0.1) is 0 Å². The number of ether oxygens (including phenoxy) is 2. The summed E-state index contributed by atoms with van der Waals surface area (Å²) in [5.41, 5.74) is 2.18. The molecule has 0 fully saturated rings. The maximum absolute atomic E-state index is 12.5. The van der Waals surface area contributed by atoms with E-state index in [4.69, 9.17) is 21.1 Å². The summed E-state index contributed by atoms with van der Waals surface area (Å²) in [5.74, 6) is -0.426. The Hall–Kier alpha value is -3.16. The Morgan fingerprint density at radius 3 is 2.26 bits per heavy atom. The number of nitrogens with one attached hydrogen (secondary N) is 1. The highest BCUT2D eigenvalue weighted by atomic mass is 35.5. The van der Waals surface area contributed by atoms with Gasteiger partial charge in [-0.1, -0.05) is 23.7 Å². The minimum Gasteiger partial charge on any atom is -0.497 e. The molecule has 0 aliphatic carbocycles. The van der Waals surface area contributed by atoms with E-state index in [0.29, 0.717) is 26.9 Å². The largest absolute Gasteiger partial charge is 0.497 e. The number of carbonyl (C=O) groups excluding carboxylic acids is 3. The number of methoxy groups -OCH3 is 2. The molecule has 0 saturated heterocycles. The molecule has 160 valence electrons.